The summed E-state index contributed by atoms with van der Waals surface area (Å²) in [6.07, 6.45) is 2.80. The van der Waals surface area contributed by atoms with Crippen LogP contribution in [0, 0.1) is 11.8 Å². The number of carboxylic acids is 1. The van der Waals surface area contributed by atoms with E-state index in [1.807, 2.05) is 0 Å². The molecule has 0 heterocycles. The fourth-order valence-corrected chi connectivity index (χ4v) is 2.86. The minimum atomic E-state index is -0.922. The Morgan fingerprint density at radius 3 is 2.33 bits per heavy atom. The summed E-state index contributed by atoms with van der Waals surface area (Å²) in [5, 5.41) is 12.0. The Bertz CT molecular complexity index is 567. The quantitative estimate of drug-likeness (QED) is 0.835. The molecule has 1 fully saturated rings. The number of amides is 1. The van der Waals surface area contributed by atoms with Crippen molar-refractivity contribution in [3.63, 3.8) is 0 Å². The van der Waals surface area contributed by atoms with E-state index in [4.69, 9.17) is 0 Å². The molecule has 1 aliphatic rings. The van der Waals surface area contributed by atoms with E-state index in [0.717, 1.165) is 12.8 Å². The summed E-state index contributed by atoms with van der Waals surface area (Å²) >= 11 is 0. The van der Waals surface area contributed by atoms with Crippen LogP contribution in [-0.4, -0.2) is 22.8 Å². The van der Waals surface area contributed by atoms with Crippen LogP contribution in [0.3, 0.4) is 0 Å². The summed E-state index contributed by atoms with van der Waals surface area (Å²) in [4.78, 5) is 35.2. The van der Waals surface area contributed by atoms with Crippen LogP contribution in [0.1, 0.15) is 43.0 Å². The third kappa shape index (κ3) is 3.48. The predicted octanol–water partition coefficient (Wildman–Crippen LogP) is 2.72. The molecule has 112 valence electrons. The molecule has 2 unspecified atom stereocenters. The average molecular weight is 289 g/mol. The first-order chi connectivity index (χ1) is 10.0. The SMILES string of the molecule is CC(=O)c1ccccc1NC(=O)C1CCCCC1C(=O)O. The van der Waals surface area contributed by atoms with Crippen molar-refractivity contribution in [2.24, 2.45) is 11.8 Å². The zero-order chi connectivity index (χ0) is 15.4. The molecular weight excluding hydrogens is 270 g/mol. The zero-order valence-corrected chi connectivity index (χ0v) is 12.0. The minimum Gasteiger partial charge on any atom is -0.481 e. The minimum absolute atomic E-state index is 0.135. The summed E-state index contributed by atoms with van der Waals surface area (Å²) in [7, 11) is 0. The Balaban J connectivity index is 2.17. The number of ketones is 1. The summed E-state index contributed by atoms with van der Waals surface area (Å²) < 4.78 is 0. The lowest BCUT2D eigenvalue weighted by Crippen LogP contribution is -2.36. The third-order valence-corrected chi connectivity index (χ3v) is 3.98. The van der Waals surface area contributed by atoms with Crippen LogP contribution in [-0.2, 0) is 9.59 Å². The van der Waals surface area contributed by atoms with Gasteiger partial charge in [-0.3, -0.25) is 14.4 Å². The van der Waals surface area contributed by atoms with Gasteiger partial charge in [-0.15, -0.1) is 0 Å². The molecule has 1 aliphatic carbocycles. The number of carbonyl (C=O) groups excluding carboxylic acids is 2. The van der Waals surface area contributed by atoms with Crippen LogP contribution in [0.2, 0.25) is 0 Å². The number of para-hydroxylation sites is 1. The largest absolute Gasteiger partial charge is 0.481 e. The van der Waals surface area contributed by atoms with Gasteiger partial charge in [0.05, 0.1) is 17.5 Å². The monoisotopic (exact) mass is 289 g/mol. The highest BCUT2D eigenvalue weighted by Crippen LogP contribution is 2.31. The number of carboxylic acid groups (broad SMARTS) is 1. The first kappa shape index (κ1) is 15.2. The molecule has 2 N–H and O–H groups in total. The summed E-state index contributed by atoms with van der Waals surface area (Å²) in [6, 6.07) is 6.77. The van der Waals surface area contributed by atoms with Crippen LogP contribution in [0.15, 0.2) is 24.3 Å². The van der Waals surface area contributed by atoms with Crippen molar-refractivity contribution in [1.29, 1.82) is 0 Å². The number of nitrogens with one attached hydrogen (secondary N) is 1. The number of rotatable bonds is 4. The summed E-state index contributed by atoms with van der Waals surface area (Å²) in [5.41, 5.74) is 0.887. The molecule has 0 saturated heterocycles. The van der Waals surface area contributed by atoms with E-state index < -0.39 is 17.8 Å². The fraction of sp³-hybridized carbons (Fsp3) is 0.438. The molecule has 0 spiro atoms. The van der Waals surface area contributed by atoms with E-state index >= 15 is 0 Å². The highest BCUT2D eigenvalue weighted by molar-refractivity contribution is 6.04. The van der Waals surface area contributed by atoms with Crippen molar-refractivity contribution < 1.29 is 19.5 Å². The Hall–Kier alpha value is -2.17. The van der Waals surface area contributed by atoms with Crippen LogP contribution in [0.4, 0.5) is 5.69 Å². The molecule has 5 heteroatoms. The molecule has 1 amide bonds. The second-order valence-corrected chi connectivity index (χ2v) is 5.43. The van der Waals surface area contributed by atoms with Crippen molar-refractivity contribution >= 4 is 23.3 Å². The lowest BCUT2D eigenvalue weighted by atomic mass is 9.78. The fourth-order valence-electron chi connectivity index (χ4n) is 2.86. The maximum atomic E-state index is 12.4. The van der Waals surface area contributed by atoms with E-state index in [2.05, 4.69) is 5.32 Å². The van der Waals surface area contributed by atoms with Gasteiger partial charge in [-0.25, -0.2) is 0 Å². The van der Waals surface area contributed by atoms with Gasteiger partial charge in [0.2, 0.25) is 5.91 Å². The van der Waals surface area contributed by atoms with Gasteiger partial charge in [-0.2, -0.15) is 0 Å². The molecule has 1 aromatic rings. The second kappa shape index (κ2) is 6.52. The molecule has 21 heavy (non-hydrogen) atoms. The molecule has 2 atom stereocenters. The van der Waals surface area contributed by atoms with Crippen LogP contribution in [0.25, 0.3) is 0 Å². The van der Waals surface area contributed by atoms with Gasteiger partial charge < -0.3 is 10.4 Å². The lowest BCUT2D eigenvalue weighted by Gasteiger charge is -2.27. The van der Waals surface area contributed by atoms with Crippen molar-refractivity contribution in [3.8, 4) is 0 Å². The molecule has 5 nitrogen and oxygen atoms in total. The normalized spacial score (nSPS) is 21.6. The number of hydrogen-bond donors (Lipinski definition) is 2. The van der Waals surface area contributed by atoms with Crippen molar-refractivity contribution in [2.45, 2.75) is 32.6 Å². The van der Waals surface area contributed by atoms with Crippen LogP contribution in [0.5, 0.6) is 0 Å². The highest BCUT2D eigenvalue weighted by atomic mass is 16.4. The number of Topliss-reactive ketones (excluding diaryl/α,β-unsaturated/α-hetero) is 1. The Labute approximate surface area is 123 Å². The second-order valence-electron chi connectivity index (χ2n) is 5.43. The predicted molar refractivity (Wildman–Crippen MR) is 78.2 cm³/mol. The molecule has 1 aromatic carbocycles. The number of carbonyl (C=O) groups is 3. The number of benzene rings is 1. The molecule has 0 aromatic heterocycles. The maximum Gasteiger partial charge on any atom is 0.307 e. The lowest BCUT2D eigenvalue weighted by molar-refractivity contribution is -0.147. The van der Waals surface area contributed by atoms with Gasteiger partial charge in [-0.05, 0) is 31.9 Å². The highest BCUT2D eigenvalue weighted by Gasteiger charge is 2.35. The standard InChI is InChI=1S/C16H19NO4/c1-10(18)11-6-4-5-9-14(11)17-15(19)12-7-2-3-8-13(12)16(20)21/h4-6,9,12-13H,2-3,7-8H2,1H3,(H,17,19)(H,20,21). The molecule has 1 saturated carbocycles. The summed E-state index contributed by atoms with van der Waals surface area (Å²) in [6.45, 7) is 1.44. The van der Waals surface area contributed by atoms with Gasteiger partial charge in [0.15, 0.2) is 5.78 Å². The summed E-state index contributed by atoms with van der Waals surface area (Å²) in [5.74, 6) is -2.53. The average Bonchev–Trinajstić information content (AvgIpc) is 2.47. The molecule has 0 radical (unpaired) electrons. The van der Waals surface area contributed by atoms with E-state index in [0.29, 0.717) is 24.1 Å². The molecule has 0 aliphatic heterocycles. The van der Waals surface area contributed by atoms with Crippen molar-refractivity contribution in [2.75, 3.05) is 5.32 Å². The van der Waals surface area contributed by atoms with Gasteiger partial charge >= 0.3 is 5.97 Å². The molecular formula is C16H19NO4. The van der Waals surface area contributed by atoms with Crippen LogP contribution < -0.4 is 5.32 Å². The Morgan fingerprint density at radius 2 is 1.71 bits per heavy atom. The maximum absolute atomic E-state index is 12.4. The van der Waals surface area contributed by atoms with E-state index in [1.54, 1.807) is 24.3 Å². The van der Waals surface area contributed by atoms with Crippen molar-refractivity contribution in [1.82, 2.24) is 0 Å². The molecule has 2 rings (SSSR count). The van der Waals surface area contributed by atoms with Crippen molar-refractivity contribution in [3.05, 3.63) is 29.8 Å². The van der Waals surface area contributed by atoms with Gasteiger partial charge in [0, 0.05) is 5.56 Å². The Kier molecular flexibility index (Phi) is 4.73. The topological polar surface area (TPSA) is 83.5 Å². The zero-order valence-electron chi connectivity index (χ0n) is 12.0. The number of aliphatic carboxylic acids is 1. The van der Waals surface area contributed by atoms with E-state index in [9.17, 15) is 19.5 Å². The third-order valence-electron chi connectivity index (χ3n) is 3.98. The number of hydrogen-bond acceptors (Lipinski definition) is 3. The first-order valence-electron chi connectivity index (χ1n) is 7.14. The Morgan fingerprint density at radius 1 is 1.10 bits per heavy atom. The van der Waals surface area contributed by atoms with E-state index in [1.165, 1.54) is 6.92 Å². The number of anilines is 1. The van der Waals surface area contributed by atoms with Gasteiger partial charge in [0.25, 0.3) is 0 Å². The van der Waals surface area contributed by atoms with Gasteiger partial charge in [0.1, 0.15) is 0 Å². The first-order valence-corrected chi connectivity index (χ1v) is 7.14. The van der Waals surface area contributed by atoms with E-state index in [-0.39, 0.29) is 11.7 Å². The van der Waals surface area contributed by atoms with Gasteiger partial charge in [-0.1, -0.05) is 25.0 Å². The molecule has 0 bridgehead atoms. The van der Waals surface area contributed by atoms with Crippen LogP contribution >= 0.6 is 0 Å². The smallest absolute Gasteiger partial charge is 0.307 e.